The van der Waals surface area contributed by atoms with Crippen molar-refractivity contribution in [3.8, 4) is 17.1 Å². The summed E-state index contributed by atoms with van der Waals surface area (Å²) in [5.74, 6) is 1.04. The fraction of sp³-hybridized carbons (Fsp3) is 0.167. The van der Waals surface area contributed by atoms with Gasteiger partial charge in [-0.15, -0.1) is 10.2 Å². The summed E-state index contributed by atoms with van der Waals surface area (Å²) in [6.45, 7) is 4.09. The van der Waals surface area contributed by atoms with Gasteiger partial charge >= 0.3 is 6.18 Å². The maximum absolute atomic E-state index is 13.0. The lowest BCUT2D eigenvalue weighted by atomic mass is 10.1. The van der Waals surface area contributed by atoms with Gasteiger partial charge in [0.05, 0.1) is 11.3 Å². The van der Waals surface area contributed by atoms with Crippen molar-refractivity contribution in [3.63, 3.8) is 0 Å². The average Bonchev–Trinajstić information content (AvgIpc) is 3.18. The van der Waals surface area contributed by atoms with Crippen LogP contribution in [0.2, 0.25) is 0 Å². The van der Waals surface area contributed by atoms with E-state index < -0.39 is 11.7 Å². The Morgan fingerprint density at radius 2 is 1.61 bits per heavy atom. The fourth-order valence-corrected chi connectivity index (χ4v) is 4.12. The molecular weight excluding hydrogens is 419 g/mol. The van der Waals surface area contributed by atoms with Crippen LogP contribution in [-0.2, 0) is 11.9 Å². The number of nitrogens with zero attached hydrogens (tertiary/aromatic N) is 3. The summed E-state index contributed by atoms with van der Waals surface area (Å²) in [6, 6.07) is 21.2. The van der Waals surface area contributed by atoms with E-state index >= 15 is 0 Å². The second-order valence-electron chi connectivity index (χ2n) is 7.26. The van der Waals surface area contributed by atoms with Crippen molar-refractivity contribution in [1.82, 2.24) is 14.8 Å². The first-order chi connectivity index (χ1) is 14.8. The molecule has 0 spiro atoms. The molecule has 0 saturated carbocycles. The number of aromatic nitrogens is 3. The number of alkyl halides is 3. The van der Waals surface area contributed by atoms with Crippen molar-refractivity contribution in [2.75, 3.05) is 0 Å². The molecule has 0 fully saturated rings. The summed E-state index contributed by atoms with van der Waals surface area (Å²) >= 11 is 1.36. The van der Waals surface area contributed by atoms with Gasteiger partial charge in [0.1, 0.15) is 0 Å². The largest absolute Gasteiger partial charge is 0.416 e. The van der Waals surface area contributed by atoms with Gasteiger partial charge in [0.2, 0.25) is 0 Å². The van der Waals surface area contributed by atoms with Crippen molar-refractivity contribution in [3.05, 3.63) is 95.1 Å². The van der Waals surface area contributed by atoms with E-state index in [2.05, 4.69) is 16.3 Å². The highest BCUT2D eigenvalue weighted by Crippen LogP contribution is 2.33. The first kappa shape index (κ1) is 21.2. The maximum Gasteiger partial charge on any atom is 0.416 e. The van der Waals surface area contributed by atoms with Crippen molar-refractivity contribution >= 4 is 11.8 Å². The summed E-state index contributed by atoms with van der Waals surface area (Å²) in [5.41, 5.74) is 4.08. The maximum atomic E-state index is 13.0. The molecule has 0 amide bonds. The highest BCUT2D eigenvalue weighted by Gasteiger charge is 2.30. The lowest BCUT2D eigenvalue weighted by Crippen LogP contribution is -2.05. The Morgan fingerprint density at radius 1 is 0.839 bits per heavy atom. The van der Waals surface area contributed by atoms with Gasteiger partial charge in [-0.05, 0) is 48.7 Å². The van der Waals surface area contributed by atoms with Gasteiger partial charge in [0.25, 0.3) is 0 Å². The predicted molar refractivity (Wildman–Crippen MR) is 117 cm³/mol. The van der Waals surface area contributed by atoms with E-state index in [1.165, 1.54) is 29.5 Å². The summed E-state index contributed by atoms with van der Waals surface area (Å²) in [6.07, 6.45) is -4.36. The zero-order chi connectivity index (χ0) is 22.0. The number of benzene rings is 3. The number of hydrogen-bond acceptors (Lipinski definition) is 3. The van der Waals surface area contributed by atoms with E-state index in [-0.39, 0.29) is 0 Å². The first-order valence-electron chi connectivity index (χ1n) is 9.70. The molecule has 0 saturated heterocycles. The molecule has 7 heteroatoms. The summed E-state index contributed by atoms with van der Waals surface area (Å²) < 4.78 is 41.1. The van der Waals surface area contributed by atoms with E-state index in [1.807, 2.05) is 60.9 Å². The lowest BCUT2D eigenvalue weighted by Gasteiger charge is -2.13. The van der Waals surface area contributed by atoms with Crippen LogP contribution in [0.3, 0.4) is 0 Å². The Bertz CT molecular complexity index is 1200. The minimum absolute atomic E-state index is 0.349. The molecular formula is C24H20F3N3S. The quantitative estimate of drug-likeness (QED) is 0.318. The monoisotopic (exact) mass is 439 g/mol. The SMILES string of the molecule is Cc1ccc(-n2c(SCc3cccc(C(F)(F)F)c3)nnc2-c2ccccc2)cc1C. The van der Waals surface area contributed by atoms with Crippen LogP contribution in [0.4, 0.5) is 13.2 Å². The van der Waals surface area contributed by atoms with E-state index in [4.69, 9.17) is 0 Å². The standard InChI is InChI=1S/C24H20F3N3S/c1-16-11-12-21(13-17(16)2)30-22(19-8-4-3-5-9-19)28-29-23(30)31-15-18-7-6-10-20(14-18)24(25,26)27/h3-14H,15H2,1-2H3. The predicted octanol–water partition coefficient (Wildman–Crippen LogP) is 6.86. The van der Waals surface area contributed by atoms with Crippen molar-refractivity contribution in [1.29, 1.82) is 0 Å². The van der Waals surface area contributed by atoms with Gasteiger partial charge in [-0.25, -0.2) is 0 Å². The number of thioether (sulfide) groups is 1. The third-order valence-corrected chi connectivity index (χ3v) is 6.04. The zero-order valence-electron chi connectivity index (χ0n) is 17.0. The van der Waals surface area contributed by atoms with Crippen LogP contribution in [-0.4, -0.2) is 14.8 Å². The van der Waals surface area contributed by atoms with Crippen molar-refractivity contribution in [2.24, 2.45) is 0 Å². The Hall–Kier alpha value is -3.06. The van der Waals surface area contributed by atoms with Crippen molar-refractivity contribution < 1.29 is 13.2 Å². The second-order valence-corrected chi connectivity index (χ2v) is 8.21. The summed E-state index contributed by atoms with van der Waals surface area (Å²) in [7, 11) is 0. The molecule has 0 aliphatic carbocycles. The normalized spacial score (nSPS) is 11.6. The number of halogens is 3. The minimum atomic E-state index is -4.36. The molecule has 0 aliphatic heterocycles. The molecule has 0 bridgehead atoms. The number of hydrogen-bond donors (Lipinski definition) is 0. The Labute approximate surface area is 183 Å². The molecule has 1 aromatic heterocycles. The van der Waals surface area contributed by atoms with Crippen LogP contribution in [0, 0.1) is 13.8 Å². The van der Waals surface area contributed by atoms with Gasteiger partial charge in [0.15, 0.2) is 11.0 Å². The summed E-state index contributed by atoms with van der Waals surface area (Å²) in [5, 5.41) is 9.38. The molecule has 0 radical (unpaired) electrons. The van der Waals surface area contributed by atoms with E-state index in [0.717, 1.165) is 22.9 Å². The second kappa shape index (κ2) is 8.59. The van der Waals surface area contributed by atoms with Crippen LogP contribution in [0.15, 0.2) is 78.0 Å². The molecule has 0 N–H and O–H groups in total. The molecule has 3 aromatic carbocycles. The molecule has 0 unspecified atom stereocenters. The topological polar surface area (TPSA) is 30.7 Å². The Kier molecular flexibility index (Phi) is 5.87. The highest BCUT2D eigenvalue weighted by molar-refractivity contribution is 7.98. The molecule has 31 heavy (non-hydrogen) atoms. The lowest BCUT2D eigenvalue weighted by molar-refractivity contribution is -0.137. The molecule has 4 rings (SSSR count). The third-order valence-electron chi connectivity index (χ3n) is 5.04. The number of rotatable bonds is 5. The highest BCUT2D eigenvalue weighted by atomic mass is 32.2. The molecule has 1 heterocycles. The number of aryl methyl sites for hydroxylation is 2. The molecule has 158 valence electrons. The van der Waals surface area contributed by atoms with Gasteiger partial charge in [-0.3, -0.25) is 4.57 Å². The van der Waals surface area contributed by atoms with Crippen LogP contribution in [0.5, 0.6) is 0 Å². The summed E-state index contributed by atoms with van der Waals surface area (Å²) in [4.78, 5) is 0. The van der Waals surface area contributed by atoms with E-state index in [0.29, 0.717) is 22.3 Å². The molecule has 0 aliphatic rings. The van der Waals surface area contributed by atoms with Gasteiger partial charge < -0.3 is 0 Å². The average molecular weight is 440 g/mol. The zero-order valence-corrected chi connectivity index (χ0v) is 17.8. The van der Waals surface area contributed by atoms with E-state index in [1.54, 1.807) is 6.07 Å². The van der Waals surface area contributed by atoms with Gasteiger partial charge in [0, 0.05) is 11.3 Å². The van der Waals surface area contributed by atoms with Crippen LogP contribution < -0.4 is 0 Å². The van der Waals surface area contributed by atoms with E-state index in [9.17, 15) is 13.2 Å². The van der Waals surface area contributed by atoms with Gasteiger partial charge in [-0.2, -0.15) is 13.2 Å². The Balaban J connectivity index is 1.71. The molecule has 4 aromatic rings. The van der Waals surface area contributed by atoms with Gasteiger partial charge in [-0.1, -0.05) is 66.4 Å². The molecule has 0 atom stereocenters. The smallest absolute Gasteiger partial charge is 0.270 e. The van der Waals surface area contributed by atoms with Crippen LogP contribution in [0.25, 0.3) is 17.1 Å². The Morgan fingerprint density at radius 3 is 2.32 bits per heavy atom. The fourth-order valence-electron chi connectivity index (χ4n) is 3.22. The van der Waals surface area contributed by atoms with Crippen molar-refractivity contribution in [2.45, 2.75) is 30.9 Å². The third kappa shape index (κ3) is 4.66. The minimum Gasteiger partial charge on any atom is -0.270 e. The molecule has 3 nitrogen and oxygen atoms in total. The van der Waals surface area contributed by atoms with Crippen LogP contribution in [0.1, 0.15) is 22.3 Å². The van der Waals surface area contributed by atoms with Crippen LogP contribution >= 0.6 is 11.8 Å². The first-order valence-corrected chi connectivity index (χ1v) is 10.7.